The molecule has 1 aromatic heterocycles. The second kappa shape index (κ2) is 3.98. The number of hydrogen-bond donors (Lipinski definition) is 1. The van der Waals surface area contributed by atoms with E-state index in [0.717, 1.165) is 0 Å². The van der Waals surface area contributed by atoms with Gasteiger partial charge in [-0.15, -0.1) is 12.3 Å². The summed E-state index contributed by atoms with van der Waals surface area (Å²) in [5, 5.41) is 0. The second-order valence-electron chi connectivity index (χ2n) is 4.37. The summed E-state index contributed by atoms with van der Waals surface area (Å²) < 4.78 is 32.5. The predicted octanol–water partition coefficient (Wildman–Crippen LogP) is 1.84. The van der Waals surface area contributed by atoms with E-state index < -0.39 is 15.6 Å². The van der Waals surface area contributed by atoms with Crippen LogP contribution in [0.5, 0.6) is 0 Å². The molecule has 0 bridgehead atoms. The quantitative estimate of drug-likeness (QED) is 0.849. The number of terminal acetylenes is 1. The normalized spacial score (nSPS) is 23.7. The van der Waals surface area contributed by atoms with Crippen molar-refractivity contribution >= 4 is 10.0 Å². The molecule has 96 valence electrons. The van der Waals surface area contributed by atoms with E-state index in [1.165, 1.54) is 6.26 Å². The number of sulfonamides is 1. The second-order valence-corrected chi connectivity index (χ2v) is 6.02. The maximum absolute atomic E-state index is 12.2. The van der Waals surface area contributed by atoms with Crippen molar-refractivity contribution in [2.75, 3.05) is 0 Å². The maximum atomic E-state index is 12.2. The monoisotopic (exact) mass is 273 g/mol. The SMILES string of the molecule is C#CCC1(c2ccco2)NS(=O)(=O)c2ccccc21. The van der Waals surface area contributed by atoms with Crippen LogP contribution in [0.15, 0.2) is 52.0 Å². The van der Waals surface area contributed by atoms with Gasteiger partial charge in [0.2, 0.25) is 10.0 Å². The Kier molecular flexibility index (Phi) is 2.52. The van der Waals surface area contributed by atoms with Crippen LogP contribution in [0.4, 0.5) is 0 Å². The van der Waals surface area contributed by atoms with Crippen molar-refractivity contribution in [2.24, 2.45) is 0 Å². The van der Waals surface area contributed by atoms with E-state index in [2.05, 4.69) is 10.6 Å². The van der Waals surface area contributed by atoms with Crippen molar-refractivity contribution in [3.05, 3.63) is 54.0 Å². The first-order valence-electron chi connectivity index (χ1n) is 5.71. The van der Waals surface area contributed by atoms with Crippen molar-refractivity contribution in [2.45, 2.75) is 16.9 Å². The van der Waals surface area contributed by atoms with Crippen molar-refractivity contribution in [1.29, 1.82) is 0 Å². The van der Waals surface area contributed by atoms with Crippen LogP contribution in [0.25, 0.3) is 0 Å². The third-order valence-electron chi connectivity index (χ3n) is 3.25. The van der Waals surface area contributed by atoms with E-state index in [1.807, 2.05) is 0 Å². The van der Waals surface area contributed by atoms with Crippen molar-refractivity contribution < 1.29 is 12.8 Å². The summed E-state index contributed by atoms with van der Waals surface area (Å²) in [6.45, 7) is 0. The van der Waals surface area contributed by atoms with Gasteiger partial charge in [0.05, 0.1) is 11.2 Å². The smallest absolute Gasteiger partial charge is 0.242 e. The molecule has 1 aliphatic heterocycles. The number of furan rings is 1. The van der Waals surface area contributed by atoms with Crippen molar-refractivity contribution in [3.63, 3.8) is 0 Å². The third-order valence-corrected chi connectivity index (χ3v) is 4.81. The summed E-state index contributed by atoms with van der Waals surface area (Å²) in [5.41, 5.74) is -0.379. The highest BCUT2D eigenvalue weighted by Crippen LogP contribution is 2.42. The Morgan fingerprint density at radius 3 is 2.74 bits per heavy atom. The molecule has 2 heterocycles. The van der Waals surface area contributed by atoms with Gasteiger partial charge in [0.1, 0.15) is 11.3 Å². The minimum atomic E-state index is -3.57. The first kappa shape index (κ1) is 12.0. The molecule has 1 aliphatic rings. The molecular formula is C14H11NO3S. The lowest BCUT2D eigenvalue weighted by Crippen LogP contribution is -2.39. The molecule has 1 aromatic carbocycles. The maximum Gasteiger partial charge on any atom is 0.242 e. The Bertz CT molecular complexity index is 756. The molecule has 0 saturated heterocycles. The van der Waals surface area contributed by atoms with Crippen LogP contribution in [0.1, 0.15) is 17.7 Å². The van der Waals surface area contributed by atoms with Gasteiger partial charge in [0, 0.05) is 12.0 Å². The third kappa shape index (κ3) is 1.61. The molecule has 3 rings (SSSR count). The molecule has 0 amide bonds. The first-order chi connectivity index (χ1) is 9.10. The van der Waals surface area contributed by atoms with Crippen LogP contribution in [-0.4, -0.2) is 8.42 Å². The highest BCUT2D eigenvalue weighted by atomic mass is 32.2. The van der Waals surface area contributed by atoms with Crippen LogP contribution < -0.4 is 4.72 Å². The summed E-state index contributed by atoms with van der Waals surface area (Å²) in [6.07, 6.45) is 7.11. The van der Waals surface area contributed by atoms with Crippen LogP contribution in [0, 0.1) is 12.3 Å². The molecule has 0 saturated carbocycles. The van der Waals surface area contributed by atoms with Gasteiger partial charge in [0.25, 0.3) is 0 Å². The molecule has 1 N–H and O–H groups in total. The summed E-state index contributed by atoms with van der Waals surface area (Å²) in [5.74, 6) is 3.03. The van der Waals surface area contributed by atoms with E-state index in [0.29, 0.717) is 11.3 Å². The van der Waals surface area contributed by atoms with E-state index in [4.69, 9.17) is 10.8 Å². The van der Waals surface area contributed by atoms with E-state index in [-0.39, 0.29) is 11.3 Å². The molecule has 4 nitrogen and oxygen atoms in total. The molecular weight excluding hydrogens is 262 g/mol. The number of fused-ring (bicyclic) bond motifs is 1. The fourth-order valence-electron chi connectivity index (χ4n) is 2.47. The first-order valence-corrected chi connectivity index (χ1v) is 7.19. The van der Waals surface area contributed by atoms with Gasteiger partial charge < -0.3 is 4.42 Å². The van der Waals surface area contributed by atoms with Crippen molar-refractivity contribution in [3.8, 4) is 12.3 Å². The molecule has 1 unspecified atom stereocenters. The molecule has 0 radical (unpaired) electrons. The molecule has 1 atom stereocenters. The van der Waals surface area contributed by atoms with E-state index in [1.54, 1.807) is 36.4 Å². The van der Waals surface area contributed by atoms with Crippen LogP contribution >= 0.6 is 0 Å². The Labute approximate surface area is 111 Å². The van der Waals surface area contributed by atoms with Gasteiger partial charge in [-0.2, -0.15) is 4.72 Å². The Morgan fingerprint density at radius 1 is 1.26 bits per heavy atom. The minimum absolute atomic E-state index is 0.191. The highest BCUT2D eigenvalue weighted by molar-refractivity contribution is 7.89. The van der Waals surface area contributed by atoms with Crippen molar-refractivity contribution in [1.82, 2.24) is 4.72 Å². The van der Waals surface area contributed by atoms with E-state index >= 15 is 0 Å². The number of rotatable bonds is 2. The highest BCUT2D eigenvalue weighted by Gasteiger charge is 2.49. The van der Waals surface area contributed by atoms with Crippen LogP contribution in [0.3, 0.4) is 0 Å². The molecule has 0 spiro atoms. The zero-order valence-electron chi connectivity index (χ0n) is 9.96. The van der Waals surface area contributed by atoms with Gasteiger partial charge >= 0.3 is 0 Å². The van der Waals surface area contributed by atoms with Gasteiger partial charge in [-0.25, -0.2) is 8.42 Å². The Hall–Kier alpha value is -2.03. The zero-order chi connectivity index (χ0) is 13.5. The lowest BCUT2D eigenvalue weighted by molar-refractivity contribution is 0.376. The predicted molar refractivity (Wildman–Crippen MR) is 69.7 cm³/mol. The molecule has 2 aromatic rings. The van der Waals surface area contributed by atoms with Gasteiger partial charge in [-0.05, 0) is 18.2 Å². The van der Waals surface area contributed by atoms with Crippen LogP contribution in [0.2, 0.25) is 0 Å². The van der Waals surface area contributed by atoms with Crippen LogP contribution in [-0.2, 0) is 15.6 Å². The topological polar surface area (TPSA) is 59.3 Å². The molecule has 19 heavy (non-hydrogen) atoms. The fourth-order valence-corrected chi connectivity index (χ4v) is 4.11. The molecule has 0 aliphatic carbocycles. The number of benzene rings is 1. The lowest BCUT2D eigenvalue weighted by atomic mass is 9.85. The largest absolute Gasteiger partial charge is 0.467 e. The standard InChI is InChI=1S/C14H11NO3S/c1-2-9-14(13-8-5-10-18-13)11-6-3-4-7-12(11)19(16,17)15-14/h1,3-8,10,15H,9H2. The summed E-state index contributed by atoms with van der Waals surface area (Å²) in [4.78, 5) is 0.252. The van der Waals surface area contributed by atoms with Gasteiger partial charge in [-0.3, -0.25) is 0 Å². The minimum Gasteiger partial charge on any atom is -0.467 e. The summed E-state index contributed by atoms with van der Waals surface area (Å²) in [6, 6.07) is 10.2. The Balaban J connectivity index is 2.33. The van der Waals surface area contributed by atoms with Gasteiger partial charge in [0.15, 0.2) is 0 Å². The number of hydrogen-bond acceptors (Lipinski definition) is 3. The number of nitrogens with one attached hydrogen (secondary N) is 1. The summed E-state index contributed by atoms with van der Waals surface area (Å²) >= 11 is 0. The van der Waals surface area contributed by atoms with Gasteiger partial charge in [-0.1, -0.05) is 18.2 Å². The summed E-state index contributed by atoms with van der Waals surface area (Å²) in [7, 11) is -3.57. The average molecular weight is 273 g/mol. The Morgan fingerprint density at radius 2 is 2.05 bits per heavy atom. The molecule has 0 fully saturated rings. The zero-order valence-corrected chi connectivity index (χ0v) is 10.8. The van der Waals surface area contributed by atoms with E-state index in [9.17, 15) is 8.42 Å². The molecule has 5 heteroatoms. The average Bonchev–Trinajstić information content (AvgIpc) is 2.98. The fraction of sp³-hybridized carbons (Fsp3) is 0.143. The lowest BCUT2D eigenvalue weighted by Gasteiger charge is -2.24.